The number of alkyl carbamates (subject to hydrolysis) is 1. The Morgan fingerprint density at radius 1 is 1.60 bits per heavy atom. The van der Waals surface area contributed by atoms with Crippen LogP contribution in [0.5, 0.6) is 5.75 Å². The fourth-order valence-corrected chi connectivity index (χ4v) is 1.86. The van der Waals surface area contributed by atoms with E-state index in [9.17, 15) is 4.79 Å². The Morgan fingerprint density at radius 3 is 3.00 bits per heavy atom. The fourth-order valence-electron chi connectivity index (χ4n) is 1.45. The topological polar surface area (TPSA) is 47.6 Å². The summed E-state index contributed by atoms with van der Waals surface area (Å²) in [5, 5.41) is 2.61. The molecule has 1 aromatic rings. The van der Waals surface area contributed by atoms with Gasteiger partial charge in [-0.2, -0.15) is 0 Å². The Balaban J connectivity index is 2.25. The molecule has 1 saturated heterocycles. The maximum atomic E-state index is 10.9. The van der Waals surface area contributed by atoms with E-state index in [1.165, 1.54) is 0 Å². The van der Waals surface area contributed by atoms with Gasteiger partial charge in [-0.25, -0.2) is 4.79 Å². The van der Waals surface area contributed by atoms with E-state index >= 15 is 0 Å². The van der Waals surface area contributed by atoms with Crippen molar-refractivity contribution in [2.24, 2.45) is 0 Å². The van der Waals surface area contributed by atoms with Gasteiger partial charge in [-0.1, -0.05) is 6.07 Å². The van der Waals surface area contributed by atoms with Crippen molar-refractivity contribution in [2.45, 2.75) is 6.10 Å². The van der Waals surface area contributed by atoms with Crippen LogP contribution in [0, 0.1) is 0 Å². The maximum Gasteiger partial charge on any atom is 0.407 e. The van der Waals surface area contributed by atoms with E-state index in [2.05, 4.69) is 21.2 Å². The molecule has 2 rings (SSSR count). The van der Waals surface area contributed by atoms with Crippen molar-refractivity contribution in [3.63, 3.8) is 0 Å². The number of methoxy groups -OCH3 is 1. The summed E-state index contributed by atoms with van der Waals surface area (Å²) in [5.74, 6) is 0.732. The molecule has 1 unspecified atom stereocenters. The van der Waals surface area contributed by atoms with Crippen LogP contribution in [0.15, 0.2) is 22.7 Å². The molecule has 0 radical (unpaired) electrons. The minimum absolute atomic E-state index is 0.223. The molecular weight excluding hydrogens is 262 g/mol. The molecule has 1 amide bonds. The normalized spacial score (nSPS) is 19.6. The molecule has 1 N–H and O–H groups in total. The van der Waals surface area contributed by atoms with Gasteiger partial charge < -0.3 is 14.8 Å². The number of carbonyl (C=O) groups is 1. The van der Waals surface area contributed by atoms with Crippen molar-refractivity contribution in [3.05, 3.63) is 28.2 Å². The van der Waals surface area contributed by atoms with Gasteiger partial charge in [0, 0.05) is 0 Å². The van der Waals surface area contributed by atoms with Crippen LogP contribution in [0.2, 0.25) is 0 Å². The Hall–Kier alpha value is -1.23. The highest BCUT2D eigenvalue weighted by molar-refractivity contribution is 9.10. The quantitative estimate of drug-likeness (QED) is 0.898. The largest absolute Gasteiger partial charge is 0.496 e. The summed E-state index contributed by atoms with van der Waals surface area (Å²) in [5.41, 5.74) is 0.924. The number of ether oxygens (including phenoxy) is 2. The number of cyclic esters (lactones) is 1. The van der Waals surface area contributed by atoms with Crippen LogP contribution < -0.4 is 10.1 Å². The third-order valence-corrected chi connectivity index (χ3v) is 2.88. The molecule has 1 aliphatic rings. The number of halogens is 1. The Labute approximate surface area is 95.7 Å². The molecule has 1 heterocycles. The highest BCUT2D eigenvalue weighted by Crippen LogP contribution is 2.30. The molecule has 80 valence electrons. The third-order valence-electron chi connectivity index (χ3n) is 2.23. The number of nitrogens with one attached hydrogen (secondary N) is 1. The minimum atomic E-state index is -0.373. The molecule has 1 atom stereocenters. The zero-order chi connectivity index (χ0) is 10.8. The summed E-state index contributed by atoms with van der Waals surface area (Å²) < 4.78 is 11.1. The highest BCUT2D eigenvalue weighted by atomic mass is 79.9. The van der Waals surface area contributed by atoms with Crippen LogP contribution in [0.4, 0.5) is 4.79 Å². The van der Waals surface area contributed by atoms with Crippen LogP contribution in [-0.2, 0) is 4.74 Å². The van der Waals surface area contributed by atoms with E-state index in [1.807, 2.05) is 18.2 Å². The average Bonchev–Trinajstić information content (AvgIpc) is 2.66. The zero-order valence-electron chi connectivity index (χ0n) is 8.12. The van der Waals surface area contributed by atoms with Crippen LogP contribution in [0.3, 0.4) is 0 Å². The van der Waals surface area contributed by atoms with Crippen LogP contribution >= 0.6 is 15.9 Å². The van der Waals surface area contributed by atoms with E-state index in [4.69, 9.17) is 9.47 Å². The van der Waals surface area contributed by atoms with Gasteiger partial charge in [0.1, 0.15) is 11.9 Å². The maximum absolute atomic E-state index is 10.9. The molecule has 0 bridgehead atoms. The van der Waals surface area contributed by atoms with Crippen molar-refractivity contribution in [2.75, 3.05) is 13.7 Å². The predicted molar refractivity (Wildman–Crippen MR) is 57.9 cm³/mol. The van der Waals surface area contributed by atoms with Crippen LogP contribution in [-0.4, -0.2) is 19.7 Å². The van der Waals surface area contributed by atoms with Gasteiger partial charge in [-0.05, 0) is 33.6 Å². The molecule has 0 saturated carbocycles. The van der Waals surface area contributed by atoms with Crippen molar-refractivity contribution < 1.29 is 14.3 Å². The second kappa shape index (κ2) is 4.10. The monoisotopic (exact) mass is 271 g/mol. The summed E-state index contributed by atoms with van der Waals surface area (Å²) in [4.78, 5) is 10.9. The molecular formula is C10H10BrNO3. The van der Waals surface area contributed by atoms with Gasteiger partial charge in [-0.3, -0.25) is 0 Å². The summed E-state index contributed by atoms with van der Waals surface area (Å²) >= 11 is 3.36. The summed E-state index contributed by atoms with van der Waals surface area (Å²) in [7, 11) is 1.60. The molecule has 0 aromatic heterocycles. The lowest BCUT2D eigenvalue weighted by molar-refractivity contribution is 0.141. The third kappa shape index (κ3) is 2.07. The number of rotatable bonds is 2. The lowest BCUT2D eigenvalue weighted by Gasteiger charge is -2.10. The van der Waals surface area contributed by atoms with Crippen molar-refractivity contribution in [1.29, 1.82) is 0 Å². The lowest BCUT2D eigenvalue weighted by atomic mass is 10.1. The van der Waals surface area contributed by atoms with Crippen LogP contribution in [0.25, 0.3) is 0 Å². The van der Waals surface area contributed by atoms with E-state index in [-0.39, 0.29) is 12.2 Å². The number of amides is 1. The SMILES string of the molecule is COc1cc(C2CNC(=O)O2)ccc1Br. The Morgan fingerprint density at radius 2 is 2.40 bits per heavy atom. The standard InChI is InChI=1S/C10H10BrNO3/c1-14-8-4-6(2-3-7(8)11)9-5-12-10(13)15-9/h2-4,9H,5H2,1H3,(H,12,13). The summed E-state index contributed by atoms with van der Waals surface area (Å²) in [6.45, 7) is 0.504. The highest BCUT2D eigenvalue weighted by Gasteiger charge is 2.24. The number of carbonyl (C=O) groups excluding carboxylic acids is 1. The lowest BCUT2D eigenvalue weighted by Crippen LogP contribution is -2.12. The minimum Gasteiger partial charge on any atom is -0.496 e. The van der Waals surface area contributed by atoms with Gasteiger partial charge in [0.05, 0.1) is 18.1 Å². The molecule has 5 heteroatoms. The Bertz CT molecular complexity index is 394. The van der Waals surface area contributed by atoms with E-state index in [1.54, 1.807) is 7.11 Å². The van der Waals surface area contributed by atoms with Gasteiger partial charge in [0.2, 0.25) is 0 Å². The van der Waals surface area contributed by atoms with Crippen molar-refractivity contribution in [3.8, 4) is 5.75 Å². The average molecular weight is 272 g/mol. The second-order valence-corrected chi connectivity index (χ2v) is 4.02. The smallest absolute Gasteiger partial charge is 0.407 e. The van der Waals surface area contributed by atoms with Gasteiger partial charge in [0.25, 0.3) is 0 Å². The first-order valence-corrected chi connectivity index (χ1v) is 5.28. The molecule has 0 spiro atoms. The molecule has 4 nitrogen and oxygen atoms in total. The molecule has 0 aliphatic carbocycles. The van der Waals surface area contributed by atoms with E-state index in [0.717, 1.165) is 15.8 Å². The van der Waals surface area contributed by atoms with Crippen molar-refractivity contribution >= 4 is 22.0 Å². The summed E-state index contributed by atoms with van der Waals surface area (Å²) in [6, 6.07) is 5.63. The van der Waals surface area contributed by atoms with E-state index < -0.39 is 0 Å². The predicted octanol–water partition coefficient (Wildman–Crippen LogP) is 2.24. The van der Waals surface area contributed by atoms with Gasteiger partial charge >= 0.3 is 6.09 Å². The van der Waals surface area contributed by atoms with Gasteiger partial charge in [0.15, 0.2) is 0 Å². The first kappa shape index (κ1) is 10.3. The number of benzene rings is 1. The summed E-state index contributed by atoms with van der Waals surface area (Å²) in [6.07, 6.45) is -0.596. The molecule has 1 fully saturated rings. The zero-order valence-corrected chi connectivity index (χ0v) is 9.71. The van der Waals surface area contributed by atoms with Crippen molar-refractivity contribution in [1.82, 2.24) is 5.32 Å². The first-order valence-electron chi connectivity index (χ1n) is 4.48. The molecule has 15 heavy (non-hydrogen) atoms. The van der Waals surface area contributed by atoms with Crippen LogP contribution in [0.1, 0.15) is 11.7 Å². The van der Waals surface area contributed by atoms with Gasteiger partial charge in [-0.15, -0.1) is 0 Å². The fraction of sp³-hybridized carbons (Fsp3) is 0.300. The molecule has 1 aliphatic heterocycles. The number of hydrogen-bond donors (Lipinski definition) is 1. The Kier molecular flexibility index (Phi) is 2.81. The first-order chi connectivity index (χ1) is 7.20. The second-order valence-electron chi connectivity index (χ2n) is 3.17. The van der Waals surface area contributed by atoms with E-state index in [0.29, 0.717) is 6.54 Å². The number of hydrogen-bond acceptors (Lipinski definition) is 3. The molecule has 1 aromatic carbocycles.